The zero-order chi connectivity index (χ0) is 34.2. The first-order chi connectivity index (χ1) is 25.8. The van der Waals surface area contributed by atoms with Crippen LogP contribution in [-0.2, 0) is 5.41 Å². The summed E-state index contributed by atoms with van der Waals surface area (Å²) in [5.41, 5.74) is 14.3. The minimum atomic E-state index is -0.521. The molecule has 0 radical (unpaired) electrons. The number of para-hydroxylation sites is 4. The largest absolute Gasteiger partial charge is 0.310 e. The summed E-state index contributed by atoms with van der Waals surface area (Å²) in [6, 6.07) is 71.5. The molecule has 2 aliphatic rings. The van der Waals surface area contributed by atoms with Gasteiger partial charge in [0.2, 0.25) is 0 Å². The van der Waals surface area contributed by atoms with Gasteiger partial charge in [-0.2, -0.15) is 0 Å². The van der Waals surface area contributed by atoms with Crippen LogP contribution in [0.5, 0.6) is 0 Å². The third-order valence-corrected chi connectivity index (χ3v) is 12.2. The molecule has 0 saturated heterocycles. The molecule has 0 N–H and O–H groups in total. The van der Waals surface area contributed by atoms with E-state index < -0.39 is 5.41 Å². The predicted molar refractivity (Wildman–Crippen MR) is 220 cm³/mol. The molecule has 0 amide bonds. The van der Waals surface area contributed by atoms with Gasteiger partial charge in [-0.1, -0.05) is 133 Å². The maximum Gasteiger partial charge on any atom is 0.0755 e. The first kappa shape index (κ1) is 29.3. The molecule has 3 heteroatoms. The Bertz CT molecular complexity index is 2770. The van der Waals surface area contributed by atoms with Crippen molar-refractivity contribution in [2.75, 3.05) is 9.80 Å². The molecule has 0 unspecified atom stereocenters. The molecule has 11 rings (SSSR count). The monoisotopic (exact) mass is 680 g/mol. The lowest BCUT2D eigenvalue weighted by atomic mass is 9.64. The van der Waals surface area contributed by atoms with Gasteiger partial charge in [0, 0.05) is 32.5 Å². The van der Waals surface area contributed by atoms with Crippen molar-refractivity contribution >= 4 is 65.6 Å². The van der Waals surface area contributed by atoms with E-state index in [4.69, 9.17) is 0 Å². The number of benzene rings is 8. The zero-order valence-corrected chi connectivity index (χ0v) is 29.1. The van der Waals surface area contributed by atoms with Crippen molar-refractivity contribution in [3.8, 4) is 11.1 Å². The standard InChI is InChI=1S/C49H32N2S/c1-3-16-33(17-4-1)50(46-28-15-22-39-38-21-8-14-29-47(38)52-48(39)46)35-30-31-37-36-20-7-9-23-40(36)49(43(37)32-35)41-24-10-12-26-44(41)51(34-18-5-2-6-19-34)45-27-13-11-25-42(45)49/h1-32H. The van der Waals surface area contributed by atoms with Crippen molar-refractivity contribution in [3.63, 3.8) is 0 Å². The number of fused-ring (bicyclic) bond motifs is 12. The number of hydrogen-bond donors (Lipinski definition) is 0. The molecule has 0 saturated carbocycles. The molecular weight excluding hydrogens is 649 g/mol. The second-order valence-electron chi connectivity index (χ2n) is 13.7. The molecule has 1 spiro atoms. The maximum absolute atomic E-state index is 2.49. The summed E-state index contributed by atoms with van der Waals surface area (Å²) in [5.74, 6) is 0. The second kappa shape index (κ2) is 11.3. The van der Waals surface area contributed by atoms with E-state index in [9.17, 15) is 0 Å². The van der Waals surface area contributed by atoms with Crippen molar-refractivity contribution in [2.24, 2.45) is 0 Å². The fourth-order valence-corrected chi connectivity index (χ4v) is 10.2. The topological polar surface area (TPSA) is 6.48 Å². The lowest BCUT2D eigenvalue weighted by Crippen LogP contribution is -2.36. The molecular formula is C49H32N2S. The van der Waals surface area contributed by atoms with Gasteiger partial charge in [0.1, 0.15) is 0 Å². The third-order valence-electron chi connectivity index (χ3n) is 11.0. The molecule has 0 atom stereocenters. The number of hydrogen-bond acceptors (Lipinski definition) is 3. The molecule has 1 aliphatic carbocycles. The van der Waals surface area contributed by atoms with Crippen LogP contribution in [0.2, 0.25) is 0 Å². The van der Waals surface area contributed by atoms with Gasteiger partial charge in [-0.3, -0.25) is 0 Å². The van der Waals surface area contributed by atoms with Gasteiger partial charge >= 0.3 is 0 Å². The van der Waals surface area contributed by atoms with Gasteiger partial charge in [0.15, 0.2) is 0 Å². The van der Waals surface area contributed by atoms with Crippen molar-refractivity contribution in [3.05, 3.63) is 216 Å². The SMILES string of the molecule is c1ccc(N2c3ccccc3C3(c4ccccc4-c4ccc(N(c5ccccc5)c5cccc6c5sc5ccccc56)cc43)c3ccccc32)cc1. The Morgan fingerprint density at radius 2 is 1.02 bits per heavy atom. The summed E-state index contributed by atoms with van der Waals surface area (Å²) >= 11 is 1.88. The van der Waals surface area contributed by atoms with Crippen LogP contribution >= 0.6 is 11.3 Å². The van der Waals surface area contributed by atoms with E-state index in [1.807, 2.05) is 11.3 Å². The Kier molecular flexibility index (Phi) is 6.37. The quantitative estimate of drug-likeness (QED) is 0.183. The molecule has 9 aromatic rings. The maximum atomic E-state index is 2.49. The summed E-state index contributed by atoms with van der Waals surface area (Å²) in [6.07, 6.45) is 0. The lowest BCUT2D eigenvalue weighted by molar-refractivity contribution is 0.752. The average molecular weight is 681 g/mol. The third kappa shape index (κ3) is 4.00. The molecule has 0 bridgehead atoms. The minimum absolute atomic E-state index is 0.521. The first-order valence-corrected chi connectivity index (χ1v) is 18.7. The summed E-state index contributed by atoms with van der Waals surface area (Å²) in [4.78, 5) is 4.91. The van der Waals surface area contributed by atoms with Crippen LogP contribution in [0.15, 0.2) is 194 Å². The Balaban J connectivity index is 1.22. The van der Waals surface area contributed by atoms with E-state index in [0.29, 0.717) is 0 Å². The van der Waals surface area contributed by atoms with Crippen molar-refractivity contribution in [2.45, 2.75) is 5.41 Å². The summed E-state index contributed by atoms with van der Waals surface area (Å²) in [6.45, 7) is 0. The van der Waals surface area contributed by atoms with Crippen molar-refractivity contribution < 1.29 is 0 Å². The summed E-state index contributed by atoms with van der Waals surface area (Å²) in [7, 11) is 0. The van der Waals surface area contributed by atoms with Crippen LogP contribution in [0.3, 0.4) is 0 Å². The predicted octanol–water partition coefficient (Wildman–Crippen LogP) is 13.7. The van der Waals surface area contributed by atoms with Crippen LogP contribution in [0.4, 0.5) is 34.1 Å². The van der Waals surface area contributed by atoms with Crippen LogP contribution < -0.4 is 9.80 Å². The van der Waals surface area contributed by atoms with Crippen LogP contribution in [0.25, 0.3) is 31.3 Å². The zero-order valence-electron chi connectivity index (χ0n) is 28.3. The molecule has 0 fully saturated rings. The number of nitrogens with zero attached hydrogens (tertiary/aromatic N) is 2. The normalized spacial score (nSPS) is 13.5. The summed E-state index contributed by atoms with van der Waals surface area (Å²) < 4.78 is 2.60. The Morgan fingerprint density at radius 3 is 1.79 bits per heavy atom. The fourth-order valence-electron chi connectivity index (χ4n) is 9.00. The molecule has 1 aromatic heterocycles. The van der Waals surface area contributed by atoms with E-state index >= 15 is 0 Å². The molecule has 244 valence electrons. The fraction of sp³-hybridized carbons (Fsp3) is 0.0204. The minimum Gasteiger partial charge on any atom is -0.310 e. The Hall–Kier alpha value is -6.42. The molecule has 1 aliphatic heterocycles. The second-order valence-corrected chi connectivity index (χ2v) is 14.7. The van der Waals surface area contributed by atoms with E-state index in [-0.39, 0.29) is 0 Å². The van der Waals surface area contributed by atoms with Gasteiger partial charge in [-0.05, 0) is 94.0 Å². The lowest BCUT2D eigenvalue weighted by Gasteiger charge is -2.45. The Labute approximate surface area is 307 Å². The first-order valence-electron chi connectivity index (χ1n) is 17.9. The highest BCUT2D eigenvalue weighted by Crippen LogP contribution is 2.64. The Morgan fingerprint density at radius 1 is 0.423 bits per heavy atom. The van der Waals surface area contributed by atoms with E-state index in [1.54, 1.807) is 0 Å². The number of anilines is 6. The van der Waals surface area contributed by atoms with Gasteiger partial charge < -0.3 is 9.80 Å². The highest BCUT2D eigenvalue weighted by Gasteiger charge is 2.51. The number of rotatable bonds is 4. The van der Waals surface area contributed by atoms with Gasteiger partial charge in [0.05, 0.1) is 27.2 Å². The van der Waals surface area contributed by atoms with Crippen molar-refractivity contribution in [1.82, 2.24) is 0 Å². The highest BCUT2D eigenvalue weighted by molar-refractivity contribution is 7.26. The van der Waals surface area contributed by atoms with E-state index in [2.05, 4.69) is 204 Å². The van der Waals surface area contributed by atoms with Crippen LogP contribution in [0.1, 0.15) is 22.3 Å². The van der Waals surface area contributed by atoms with E-state index in [1.165, 1.54) is 70.6 Å². The van der Waals surface area contributed by atoms with Gasteiger partial charge in [-0.15, -0.1) is 11.3 Å². The van der Waals surface area contributed by atoms with Crippen LogP contribution in [0, 0.1) is 0 Å². The van der Waals surface area contributed by atoms with Crippen LogP contribution in [-0.4, -0.2) is 0 Å². The average Bonchev–Trinajstić information content (AvgIpc) is 3.74. The molecule has 8 aromatic carbocycles. The molecule has 2 nitrogen and oxygen atoms in total. The molecule has 52 heavy (non-hydrogen) atoms. The highest BCUT2D eigenvalue weighted by atomic mass is 32.1. The van der Waals surface area contributed by atoms with E-state index in [0.717, 1.165) is 17.1 Å². The number of thiophene rings is 1. The smallest absolute Gasteiger partial charge is 0.0755 e. The molecule has 2 heterocycles. The van der Waals surface area contributed by atoms with Crippen molar-refractivity contribution in [1.29, 1.82) is 0 Å². The van der Waals surface area contributed by atoms with Gasteiger partial charge in [0.25, 0.3) is 0 Å². The van der Waals surface area contributed by atoms with Gasteiger partial charge in [-0.25, -0.2) is 0 Å². The summed E-state index contributed by atoms with van der Waals surface area (Å²) in [5, 5.41) is 2.60.